The van der Waals surface area contributed by atoms with Gasteiger partial charge in [-0.1, -0.05) is 29.3 Å². The van der Waals surface area contributed by atoms with Gasteiger partial charge < -0.3 is 10.2 Å². The molecule has 1 N–H and O–H groups in total. The number of carbonyl (C=O) groups is 1. The Bertz CT molecular complexity index is 380. The molecule has 5 heteroatoms. The molecule has 1 amide bonds. The van der Waals surface area contributed by atoms with Crippen molar-refractivity contribution in [1.82, 2.24) is 10.2 Å². The number of rotatable bonds is 4. The first-order valence-corrected chi connectivity index (χ1v) is 5.65. The van der Waals surface area contributed by atoms with Crippen molar-refractivity contribution in [2.24, 2.45) is 0 Å². The van der Waals surface area contributed by atoms with Crippen LogP contribution in [0.5, 0.6) is 0 Å². The fourth-order valence-corrected chi connectivity index (χ4v) is 1.55. The third kappa shape index (κ3) is 3.67. The van der Waals surface area contributed by atoms with Gasteiger partial charge in [0, 0.05) is 13.1 Å². The monoisotopic (exact) mass is 260 g/mol. The maximum absolute atomic E-state index is 11.7. The lowest BCUT2D eigenvalue weighted by Gasteiger charge is -2.11. The fraction of sp³-hybridized carbons (Fsp3) is 0.364. The maximum atomic E-state index is 11.7. The summed E-state index contributed by atoms with van der Waals surface area (Å²) in [6.45, 7) is 1.36. The summed E-state index contributed by atoms with van der Waals surface area (Å²) < 4.78 is 0. The minimum absolute atomic E-state index is 0.200. The second kappa shape index (κ2) is 6.09. The van der Waals surface area contributed by atoms with Crippen molar-refractivity contribution in [2.75, 3.05) is 27.2 Å². The molecule has 1 aromatic rings. The summed E-state index contributed by atoms with van der Waals surface area (Å²) in [5.74, 6) is -0.200. The van der Waals surface area contributed by atoms with Crippen molar-refractivity contribution in [3.63, 3.8) is 0 Å². The molecule has 0 aliphatic rings. The molecule has 16 heavy (non-hydrogen) atoms. The molecule has 1 aromatic carbocycles. The number of hydrogen-bond acceptors (Lipinski definition) is 2. The van der Waals surface area contributed by atoms with Crippen LogP contribution in [0.2, 0.25) is 10.0 Å². The van der Waals surface area contributed by atoms with Gasteiger partial charge in [-0.05, 0) is 26.2 Å². The van der Waals surface area contributed by atoms with Crippen LogP contribution in [0, 0.1) is 0 Å². The van der Waals surface area contributed by atoms with Crippen LogP contribution in [-0.2, 0) is 0 Å². The summed E-state index contributed by atoms with van der Waals surface area (Å²) >= 11 is 11.7. The first-order chi connectivity index (χ1) is 7.52. The molecule has 0 bridgehead atoms. The van der Waals surface area contributed by atoms with E-state index in [0.717, 1.165) is 6.54 Å². The van der Waals surface area contributed by atoms with Crippen molar-refractivity contribution < 1.29 is 4.79 Å². The van der Waals surface area contributed by atoms with Crippen LogP contribution in [0.1, 0.15) is 10.4 Å². The summed E-state index contributed by atoms with van der Waals surface area (Å²) in [6.07, 6.45) is 0. The predicted octanol–water partition coefficient (Wildman–Crippen LogP) is 2.28. The molecule has 0 aliphatic heterocycles. The highest BCUT2D eigenvalue weighted by atomic mass is 35.5. The highest BCUT2D eigenvalue weighted by Crippen LogP contribution is 2.25. The number of nitrogens with one attached hydrogen (secondary N) is 1. The summed E-state index contributed by atoms with van der Waals surface area (Å²) in [5, 5.41) is 3.46. The average molecular weight is 261 g/mol. The van der Waals surface area contributed by atoms with Crippen molar-refractivity contribution in [2.45, 2.75) is 0 Å². The van der Waals surface area contributed by atoms with E-state index in [0.29, 0.717) is 22.2 Å². The third-order valence-corrected chi connectivity index (χ3v) is 2.86. The largest absolute Gasteiger partial charge is 0.351 e. The number of benzene rings is 1. The second-order valence-corrected chi connectivity index (χ2v) is 4.45. The van der Waals surface area contributed by atoms with Crippen LogP contribution in [0.15, 0.2) is 18.2 Å². The smallest absolute Gasteiger partial charge is 0.252 e. The zero-order valence-electron chi connectivity index (χ0n) is 9.26. The number of nitrogens with zero attached hydrogens (tertiary/aromatic N) is 1. The standard InChI is InChI=1S/C11H14Cl2N2O/c1-15(2)7-6-14-11(16)8-4-3-5-9(12)10(8)13/h3-5H,6-7H2,1-2H3,(H,14,16). The number of carbonyl (C=O) groups excluding carboxylic acids is 1. The van der Waals surface area contributed by atoms with Crippen LogP contribution in [0.25, 0.3) is 0 Å². The van der Waals surface area contributed by atoms with Crippen LogP contribution in [0.3, 0.4) is 0 Å². The van der Waals surface area contributed by atoms with E-state index in [9.17, 15) is 4.79 Å². The normalized spacial score (nSPS) is 10.6. The molecule has 0 aromatic heterocycles. The predicted molar refractivity (Wildman–Crippen MR) is 67.3 cm³/mol. The van der Waals surface area contributed by atoms with Gasteiger partial charge >= 0.3 is 0 Å². The number of halogens is 2. The van der Waals surface area contributed by atoms with Gasteiger partial charge in [0.15, 0.2) is 0 Å². The fourth-order valence-electron chi connectivity index (χ4n) is 1.17. The van der Waals surface area contributed by atoms with Gasteiger partial charge in [-0.3, -0.25) is 4.79 Å². The maximum Gasteiger partial charge on any atom is 0.252 e. The second-order valence-electron chi connectivity index (χ2n) is 3.66. The van der Waals surface area contributed by atoms with E-state index in [4.69, 9.17) is 23.2 Å². The molecular formula is C11H14Cl2N2O. The lowest BCUT2D eigenvalue weighted by Crippen LogP contribution is -2.31. The minimum Gasteiger partial charge on any atom is -0.351 e. The van der Waals surface area contributed by atoms with Crippen molar-refractivity contribution >= 4 is 29.1 Å². The summed E-state index contributed by atoms with van der Waals surface area (Å²) in [4.78, 5) is 13.7. The molecule has 0 fully saturated rings. The van der Waals surface area contributed by atoms with Crippen molar-refractivity contribution in [3.05, 3.63) is 33.8 Å². The Morgan fingerprint density at radius 1 is 1.38 bits per heavy atom. The Labute approximate surface area is 105 Å². The zero-order chi connectivity index (χ0) is 12.1. The summed E-state index contributed by atoms with van der Waals surface area (Å²) in [7, 11) is 3.89. The average Bonchev–Trinajstić information content (AvgIpc) is 2.21. The third-order valence-electron chi connectivity index (χ3n) is 2.04. The molecule has 3 nitrogen and oxygen atoms in total. The van der Waals surface area contributed by atoms with Crippen molar-refractivity contribution in [1.29, 1.82) is 0 Å². The van der Waals surface area contributed by atoms with E-state index in [-0.39, 0.29) is 5.91 Å². The van der Waals surface area contributed by atoms with E-state index in [2.05, 4.69) is 5.32 Å². The molecule has 0 atom stereocenters. The molecule has 88 valence electrons. The van der Waals surface area contributed by atoms with Crippen molar-refractivity contribution in [3.8, 4) is 0 Å². The minimum atomic E-state index is -0.200. The zero-order valence-corrected chi connectivity index (χ0v) is 10.8. The molecule has 0 saturated carbocycles. The van der Waals surface area contributed by atoms with Crippen LogP contribution >= 0.6 is 23.2 Å². The van der Waals surface area contributed by atoms with E-state index in [1.165, 1.54) is 0 Å². The van der Waals surface area contributed by atoms with Gasteiger partial charge in [0.2, 0.25) is 0 Å². The van der Waals surface area contributed by atoms with Crippen LogP contribution in [-0.4, -0.2) is 38.0 Å². The molecule has 0 radical (unpaired) electrons. The Morgan fingerprint density at radius 3 is 2.69 bits per heavy atom. The SMILES string of the molecule is CN(C)CCNC(=O)c1cccc(Cl)c1Cl. The number of hydrogen-bond donors (Lipinski definition) is 1. The number of amides is 1. The number of likely N-dealkylation sites (N-methyl/N-ethyl adjacent to an activating group) is 1. The molecule has 1 rings (SSSR count). The quantitative estimate of drug-likeness (QED) is 0.901. The van der Waals surface area contributed by atoms with E-state index in [1.54, 1.807) is 18.2 Å². The Balaban J connectivity index is 2.63. The van der Waals surface area contributed by atoms with Gasteiger partial charge in [0.1, 0.15) is 0 Å². The molecule has 0 unspecified atom stereocenters. The summed E-state index contributed by atoms with van der Waals surface area (Å²) in [5.41, 5.74) is 0.410. The Morgan fingerprint density at radius 2 is 2.06 bits per heavy atom. The Hall–Kier alpha value is -0.770. The van der Waals surface area contributed by atoms with Crippen LogP contribution in [0.4, 0.5) is 0 Å². The topological polar surface area (TPSA) is 32.3 Å². The van der Waals surface area contributed by atoms with Gasteiger partial charge in [-0.25, -0.2) is 0 Å². The highest BCUT2D eigenvalue weighted by Gasteiger charge is 2.11. The molecule has 0 spiro atoms. The first-order valence-electron chi connectivity index (χ1n) is 4.89. The van der Waals surface area contributed by atoms with Crippen LogP contribution < -0.4 is 5.32 Å². The molecule has 0 aliphatic carbocycles. The summed E-state index contributed by atoms with van der Waals surface area (Å²) in [6, 6.07) is 5.01. The van der Waals surface area contributed by atoms with Gasteiger partial charge in [0.25, 0.3) is 5.91 Å². The van der Waals surface area contributed by atoms with Gasteiger partial charge in [-0.2, -0.15) is 0 Å². The Kier molecular flexibility index (Phi) is 5.06. The lowest BCUT2D eigenvalue weighted by atomic mass is 10.2. The van der Waals surface area contributed by atoms with E-state index in [1.807, 2.05) is 19.0 Å². The highest BCUT2D eigenvalue weighted by molar-refractivity contribution is 6.43. The van der Waals surface area contributed by atoms with Gasteiger partial charge in [0.05, 0.1) is 15.6 Å². The lowest BCUT2D eigenvalue weighted by molar-refractivity contribution is 0.0951. The van der Waals surface area contributed by atoms with Gasteiger partial charge in [-0.15, -0.1) is 0 Å². The molecular weight excluding hydrogens is 247 g/mol. The van der Waals surface area contributed by atoms with E-state index >= 15 is 0 Å². The molecule has 0 heterocycles. The molecule has 0 saturated heterocycles. The first kappa shape index (κ1) is 13.3. The van der Waals surface area contributed by atoms with E-state index < -0.39 is 0 Å².